The van der Waals surface area contributed by atoms with Crippen molar-refractivity contribution in [3.8, 4) is 17.4 Å². The number of aryl methyl sites for hydroxylation is 1. The number of pyridine rings is 2. The lowest BCUT2D eigenvalue weighted by Crippen LogP contribution is -2.51. The minimum absolute atomic E-state index is 0.00970. The molecule has 4 heterocycles. The second kappa shape index (κ2) is 8.79. The molecule has 1 aliphatic rings. The highest BCUT2D eigenvalue weighted by molar-refractivity contribution is 7.91. The fourth-order valence-electron chi connectivity index (χ4n) is 3.55. The molecular formula is C21H24ClN5O5S. The van der Waals surface area contributed by atoms with Gasteiger partial charge in [-0.15, -0.1) is 5.10 Å². The third-order valence-electron chi connectivity index (χ3n) is 5.53. The molecule has 1 fully saturated rings. The van der Waals surface area contributed by atoms with Crippen LogP contribution in [-0.2, 0) is 9.84 Å². The van der Waals surface area contributed by atoms with E-state index >= 15 is 0 Å². The number of aromatic nitrogens is 4. The SMILES string of the molecule is CCOc1cc(Cl)cnc1Oc1ccc2nc(C(=O)NC3(C)CCS(=O)(=O)CC3)nn2c1C. The summed E-state index contributed by atoms with van der Waals surface area (Å²) in [7, 11) is -3.04. The zero-order chi connectivity index (χ0) is 23.8. The first-order valence-corrected chi connectivity index (χ1v) is 12.6. The summed E-state index contributed by atoms with van der Waals surface area (Å²) in [5, 5.41) is 7.66. The van der Waals surface area contributed by atoms with Crippen LogP contribution in [0.15, 0.2) is 24.4 Å². The lowest BCUT2D eigenvalue weighted by Gasteiger charge is -2.33. The number of fused-ring (bicyclic) bond motifs is 1. The molecule has 0 aliphatic carbocycles. The average Bonchev–Trinajstić information content (AvgIpc) is 3.20. The number of hydrogen-bond acceptors (Lipinski definition) is 8. The predicted octanol–water partition coefficient (Wildman–Crippen LogP) is 2.97. The lowest BCUT2D eigenvalue weighted by atomic mass is 9.95. The van der Waals surface area contributed by atoms with Crippen molar-refractivity contribution in [2.24, 2.45) is 0 Å². The van der Waals surface area contributed by atoms with Crippen molar-refractivity contribution in [3.05, 3.63) is 40.9 Å². The number of hydrogen-bond donors (Lipinski definition) is 1. The Hall–Kier alpha value is -2.92. The zero-order valence-corrected chi connectivity index (χ0v) is 20.0. The molecule has 0 saturated carbocycles. The highest BCUT2D eigenvalue weighted by Gasteiger charge is 2.35. The summed E-state index contributed by atoms with van der Waals surface area (Å²) in [4.78, 5) is 21.3. The van der Waals surface area contributed by atoms with E-state index in [1.807, 2.05) is 13.8 Å². The summed E-state index contributed by atoms with van der Waals surface area (Å²) in [6, 6.07) is 5.01. The summed E-state index contributed by atoms with van der Waals surface area (Å²) >= 11 is 6.00. The Morgan fingerprint density at radius 1 is 1.27 bits per heavy atom. The number of nitrogens with zero attached hydrogens (tertiary/aromatic N) is 4. The number of carbonyl (C=O) groups is 1. The lowest BCUT2D eigenvalue weighted by molar-refractivity contribution is 0.0889. The summed E-state index contributed by atoms with van der Waals surface area (Å²) < 4.78 is 36.4. The van der Waals surface area contributed by atoms with E-state index in [9.17, 15) is 13.2 Å². The standard InChI is InChI=1S/C21H24ClN5O5S/c1-4-31-16-11-14(22)12-23-20(16)32-15-5-6-17-24-18(26-27(17)13(15)2)19(28)25-21(3)7-9-33(29,30)10-8-21/h5-6,11-12H,4,7-10H2,1-3H3,(H,25,28). The molecule has 1 amide bonds. The molecule has 0 bridgehead atoms. The molecule has 3 aromatic rings. The molecular weight excluding hydrogens is 470 g/mol. The fourth-order valence-corrected chi connectivity index (χ4v) is 5.42. The van der Waals surface area contributed by atoms with Crippen LogP contribution < -0.4 is 14.8 Å². The third kappa shape index (κ3) is 5.03. The van der Waals surface area contributed by atoms with Gasteiger partial charge in [0, 0.05) is 17.8 Å². The fraction of sp³-hybridized carbons (Fsp3) is 0.429. The second-order valence-corrected chi connectivity index (χ2v) is 10.9. The molecule has 33 heavy (non-hydrogen) atoms. The van der Waals surface area contributed by atoms with Crippen molar-refractivity contribution in [1.82, 2.24) is 24.9 Å². The number of ether oxygens (including phenoxy) is 2. The monoisotopic (exact) mass is 493 g/mol. The van der Waals surface area contributed by atoms with Crippen LogP contribution in [0.25, 0.3) is 5.65 Å². The van der Waals surface area contributed by atoms with E-state index in [0.29, 0.717) is 47.3 Å². The van der Waals surface area contributed by atoms with Crippen LogP contribution in [0.3, 0.4) is 0 Å². The highest BCUT2D eigenvalue weighted by Crippen LogP contribution is 2.33. The number of nitrogens with one attached hydrogen (secondary N) is 1. The maximum Gasteiger partial charge on any atom is 0.291 e. The number of amides is 1. The topological polar surface area (TPSA) is 125 Å². The van der Waals surface area contributed by atoms with Gasteiger partial charge in [0.1, 0.15) is 9.84 Å². The first-order valence-electron chi connectivity index (χ1n) is 10.4. The number of rotatable bonds is 6. The third-order valence-corrected chi connectivity index (χ3v) is 7.39. The molecule has 0 unspecified atom stereocenters. The van der Waals surface area contributed by atoms with E-state index in [0.717, 1.165) is 0 Å². The Bertz CT molecular complexity index is 1310. The van der Waals surface area contributed by atoms with E-state index in [1.54, 1.807) is 25.1 Å². The summed E-state index contributed by atoms with van der Waals surface area (Å²) in [5.74, 6) is 0.743. The molecule has 1 aliphatic heterocycles. The van der Waals surface area contributed by atoms with Crippen LogP contribution in [0.2, 0.25) is 5.02 Å². The Labute approximate surface area is 196 Å². The Kier molecular flexibility index (Phi) is 6.19. The quantitative estimate of drug-likeness (QED) is 0.555. The van der Waals surface area contributed by atoms with E-state index < -0.39 is 21.3 Å². The second-order valence-electron chi connectivity index (χ2n) is 8.15. The first-order chi connectivity index (χ1) is 15.6. The van der Waals surface area contributed by atoms with Gasteiger partial charge in [-0.25, -0.2) is 22.9 Å². The number of carbonyl (C=O) groups excluding carboxylic acids is 1. The molecule has 1 N–H and O–H groups in total. The van der Waals surface area contributed by atoms with Gasteiger partial charge in [-0.05, 0) is 45.7 Å². The molecule has 4 rings (SSSR count). The van der Waals surface area contributed by atoms with Crippen molar-refractivity contribution in [3.63, 3.8) is 0 Å². The van der Waals surface area contributed by atoms with E-state index in [2.05, 4.69) is 20.4 Å². The van der Waals surface area contributed by atoms with Gasteiger partial charge in [-0.2, -0.15) is 0 Å². The molecule has 0 atom stereocenters. The van der Waals surface area contributed by atoms with E-state index in [-0.39, 0.29) is 23.2 Å². The maximum atomic E-state index is 12.8. The van der Waals surface area contributed by atoms with E-state index in [4.69, 9.17) is 21.1 Å². The van der Waals surface area contributed by atoms with Crippen LogP contribution in [0, 0.1) is 6.92 Å². The molecule has 1 saturated heterocycles. The Morgan fingerprint density at radius 3 is 2.70 bits per heavy atom. The van der Waals surface area contributed by atoms with Crippen LogP contribution in [0.5, 0.6) is 17.4 Å². The molecule has 10 nitrogen and oxygen atoms in total. The minimum Gasteiger partial charge on any atom is -0.488 e. The van der Waals surface area contributed by atoms with Crippen molar-refractivity contribution in [1.29, 1.82) is 0 Å². The summed E-state index contributed by atoms with van der Waals surface area (Å²) in [5.41, 5.74) is 0.447. The first kappa shape index (κ1) is 23.2. The molecule has 12 heteroatoms. The van der Waals surface area contributed by atoms with Crippen molar-refractivity contribution in [2.45, 2.75) is 39.2 Å². The maximum absolute atomic E-state index is 12.8. The van der Waals surface area contributed by atoms with Gasteiger partial charge < -0.3 is 14.8 Å². The minimum atomic E-state index is -3.04. The highest BCUT2D eigenvalue weighted by atomic mass is 35.5. The Balaban J connectivity index is 1.57. The zero-order valence-electron chi connectivity index (χ0n) is 18.5. The van der Waals surface area contributed by atoms with Gasteiger partial charge in [-0.3, -0.25) is 4.79 Å². The van der Waals surface area contributed by atoms with Gasteiger partial charge in [0.15, 0.2) is 17.1 Å². The van der Waals surface area contributed by atoms with Gasteiger partial charge >= 0.3 is 0 Å². The average molecular weight is 494 g/mol. The van der Waals surface area contributed by atoms with Gasteiger partial charge in [-0.1, -0.05) is 11.6 Å². The predicted molar refractivity (Wildman–Crippen MR) is 122 cm³/mol. The van der Waals surface area contributed by atoms with Crippen LogP contribution in [0.1, 0.15) is 43.0 Å². The summed E-state index contributed by atoms with van der Waals surface area (Å²) in [6.45, 7) is 5.88. The molecule has 0 aromatic carbocycles. The molecule has 0 spiro atoms. The number of halogens is 1. The van der Waals surface area contributed by atoms with Crippen molar-refractivity contribution < 1.29 is 22.7 Å². The largest absolute Gasteiger partial charge is 0.488 e. The molecule has 3 aromatic heterocycles. The van der Waals surface area contributed by atoms with Gasteiger partial charge in [0.05, 0.1) is 28.8 Å². The van der Waals surface area contributed by atoms with Crippen LogP contribution in [-0.4, -0.2) is 57.6 Å². The van der Waals surface area contributed by atoms with Crippen molar-refractivity contribution in [2.75, 3.05) is 18.1 Å². The molecule has 176 valence electrons. The van der Waals surface area contributed by atoms with Crippen LogP contribution in [0.4, 0.5) is 0 Å². The van der Waals surface area contributed by atoms with E-state index in [1.165, 1.54) is 10.7 Å². The summed E-state index contributed by atoms with van der Waals surface area (Å²) in [6.07, 6.45) is 2.16. The van der Waals surface area contributed by atoms with Gasteiger partial charge in [0.2, 0.25) is 5.82 Å². The Morgan fingerprint density at radius 2 is 2.00 bits per heavy atom. The smallest absolute Gasteiger partial charge is 0.291 e. The van der Waals surface area contributed by atoms with Crippen LogP contribution >= 0.6 is 11.6 Å². The molecule has 0 radical (unpaired) electrons. The van der Waals surface area contributed by atoms with Crippen molar-refractivity contribution >= 4 is 33.0 Å². The van der Waals surface area contributed by atoms with Gasteiger partial charge in [0.25, 0.3) is 11.8 Å². The number of sulfone groups is 1. The normalized spacial score (nSPS) is 17.0.